The van der Waals surface area contributed by atoms with Crippen molar-refractivity contribution in [1.29, 1.82) is 0 Å². The van der Waals surface area contributed by atoms with Crippen LogP contribution in [-0.2, 0) is 0 Å². The lowest BCUT2D eigenvalue weighted by molar-refractivity contribution is 0.412. The first-order chi connectivity index (χ1) is 10.0. The SMILES string of the molecule is COc1cc(-n2c(=S)[nH]c3cc(Br)cnc32)c(Br)cc1Br. The molecule has 4 nitrogen and oxygen atoms in total. The summed E-state index contributed by atoms with van der Waals surface area (Å²) in [6, 6.07) is 5.77. The molecule has 3 aromatic rings. The van der Waals surface area contributed by atoms with E-state index in [-0.39, 0.29) is 0 Å². The molecule has 0 amide bonds. The van der Waals surface area contributed by atoms with Gasteiger partial charge in [-0.1, -0.05) is 0 Å². The Hall–Kier alpha value is -0.700. The summed E-state index contributed by atoms with van der Waals surface area (Å²) in [6.07, 6.45) is 1.74. The number of nitrogens with one attached hydrogen (secondary N) is 1. The summed E-state index contributed by atoms with van der Waals surface area (Å²) in [5.41, 5.74) is 2.48. The molecule has 0 bridgehead atoms. The van der Waals surface area contributed by atoms with Crippen LogP contribution in [0.3, 0.4) is 0 Å². The first-order valence-electron chi connectivity index (χ1n) is 5.81. The van der Waals surface area contributed by atoms with Crippen molar-refractivity contribution in [1.82, 2.24) is 14.5 Å². The number of halogens is 3. The summed E-state index contributed by atoms with van der Waals surface area (Å²) < 4.78 is 10.4. The van der Waals surface area contributed by atoms with Crippen LogP contribution in [-0.4, -0.2) is 21.6 Å². The first kappa shape index (κ1) is 15.2. The van der Waals surface area contributed by atoms with Gasteiger partial charge < -0.3 is 9.72 Å². The molecule has 8 heteroatoms. The summed E-state index contributed by atoms with van der Waals surface area (Å²) >= 11 is 15.9. The molecule has 0 radical (unpaired) electrons. The Morgan fingerprint density at radius 3 is 2.67 bits per heavy atom. The van der Waals surface area contributed by atoms with Crippen LogP contribution in [0.15, 0.2) is 37.8 Å². The number of aromatic amines is 1. The highest BCUT2D eigenvalue weighted by atomic mass is 79.9. The number of aromatic nitrogens is 3. The molecule has 0 fully saturated rings. The molecule has 0 aliphatic carbocycles. The average molecular weight is 494 g/mol. The van der Waals surface area contributed by atoms with Gasteiger partial charge in [0.1, 0.15) is 5.75 Å². The third kappa shape index (κ3) is 2.69. The monoisotopic (exact) mass is 491 g/mol. The smallest absolute Gasteiger partial charge is 0.184 e. The Balaban J connectivity index is 2.35. The van der Waals surface area contributed by atoms with E-state index in [1.807, 2.05) is 22.8 Å². The van der Waals surface area contributed by atoms with Gasteiger partial charge in [-0.3, -0.25) is 4.57 Å². The molecule has 3 rings (SSSR count). The molecule has 2 aromatic heterocycles. The molecule has 0 saturated carbocycles. The number of pyridine rings is 1. The number of fused-ring (bicyclic) bond motifs is 1. The van der Waals surface area contributed by atoms with Crippen molar-refractivity contribution >= 4 is 71.2 Å². The van der Waals surface area contributed by atoms with Crippen LogP contribution in [0, 0.1) is 4.77 Å². The Morgan fingerprint density at radius 2 is 1.95 bits per heavy atom. The Morgan fingerprint density at radius 1 is 1.19 bits per heavy atom. The van der Waals surface area contributed by atoms with Crippen molar-refractivity contribution in [3.63, 3.8) is 0 Å². The van der Waals surface area contributed by atoms with Crippen LogP contribution in [0.25, 0.3) is 16.9 Å². The van der Waals surface area contributed by atoms with Gasteiger partial charge in [0, 0.05) is 21.2 Å². The third-order valence-electron chi connectivity index (χ3n) is 2.95. The van der Waals surface area contributed by atoms with Crippen molar-refractivity contribution in [2.24, 2.45) is 0 Å². The third-order valence-corrected chi connectivity index (χ3v) is 4.93. The van der Waals surface area contributed by atoms with E-state index in [0.29, 0.717) is 4.77 Å². The zero-order chi connectivity index (χ0) is 15.1. The molecular weight excluding hydrogens is 486 g/mol. The fourth-order valence-corrected chi connectivity index (χ4v) is 4.00. The zero-order valence-electron chi connectivity index (χ0n) is 10.7. The average Bonchev–Trinajstić information content (AvgIpc) is 2.74. The molecule has 0 saturated heterocycles. The fourth-order valence-electron chi connectivity index (χ4n) is 2.04. The van der Waals surface area contributed by atoms with Crippen LogP contribution >= 0.6 is 60.0 Å². The molecule has 1 N–H and O–H groups in total. The van der Waals surface area contributed by atoms with Crippen molar-refractivity contribution in [2.45, 2.75) is 0 Å². The van der Waals surface area contributed by atoms with E-state index in [4.69, 9.17) is 17.0 Å². The first-order valence-corrected chi connectivity index (χ1v) is 8.59. The number of nitrogens with zero attached hydrogens (tertiary/aromatic N) is 2. The van der Waals surface area contributed by atoms with Crippen molar-refractivity contribution in [3.8, 4) is 11.4 Å². The van der Waals surface area contributed by atoms with Gasteiger partial charge in [-0.2, -0.15) is 0 Å². The second kappa shape index (κ2) is 5.83. The van der Waals surface area contributed by atoms with Gasteiger partial charge in [-0.05, 0) is 72.1 Å². The number of ether oxygens (including phenoxy) is 1. The minimum absolute atomic E-state index is 0.570. The molecule has 0 aliphatic heterocycles. The van der Waals surface area contributed by atoms with E-state index in [1.54, 1.807) is 13.3 Å². The van der Waals surface area contributed by atoms with Gasteiger partial charge in [-0.25, -0.2) is 4.98 Å². The van der Waals surface area contributed by atoms with Gasteiger partial charge >= 0.3 is 0 Å². The van der Waals surface area contributed by atoms with Crippen LogP contribution in [0.1, 0.15) is 0 Å². The minimum Gasteiger partial charge on any atom is -0.495 e. The zero-order valence-corrected chi connectivity index (χ0v) is 16.2. The van der Waals surface area contributed by atoms with E-state index >= 15 is 0 Å². The summed E-state index contributed by atoms with van der Waals surface area (Å²) in [4.78, 5) is 7.60. The van der Waals surface area contributed by atoms with Crippen molar-refractivity contribution < 1.29 is 4.74 Å². The standard InChI is InChI=1S/C13H8Br3N3OS/c1-20-11-4-10(7(15)3-8(11)16)19-12-9(18-13(19)21)2-6(14)5-17-12/h2-5H,1H3,(H,18,21). The molecule has 0 atom stereocenters. The number of imidazole rings is 1. The maximum atomic E-state index is 5.43. The predicted molar refractivity (Wildman–Crippen MR) is 95.9 cm³/mol. The lowest BCUT2D eigenvalue weighted by atomic mass is 10.3. The molecular formula is C13H8Br3N3OS. The molecule has 0 unspecified atom stereocenters. The number of benzene rings is 1. The summed E-state index contributed by atoms with van der Waals surface area (Å²) in [5, 5.41) is 0. The number of H-pyrrole nitrogens is 1. The van der Waals surface area contributed by atoms with Crippen LogP contribution in [0.5, 0.6) is 5.75 Å². The lowest BCUT2D eigenvalue weighted by Crippen LogP contribution is -1.98. The van der Waals surface area contributed by atoms with Gasteiger partial charge in [0.2, 0.25) is 0 Å². The largest absolute Gasteiger partial charge is 0.495 e. The lowest BCUT2D eigenvalue weighted by Gasteiger charge is -2.11. The van der Waals surface area contributed by atoms with E-state index in [2.05, 4.69) is 57.8 Å². The summed E-state index contributed by atoms with van der Waals surface area (Å²) in [7, 11) is 1.63. The van der Waals surface area contributed by atoms with Crippen molar-refractivity contribution in [3.05, 3.63) is 42.6 Å². The van der Waals surface area contributed by atoms with Gasteiger partial charge in [-0.15, -0.1) is 0 Å². The van der Waals surface area contributed by atoms with E-state index in [0.717, 1.165) is 36.0 Å². The van der Waals surface area contributed by atoms with E-state index < -0.39 is 0 Å². The molecule has 0 spiro atoms. The number of hydrogen-bond acceptors (Lipinski definition) is 3. The van der Waals surface area contributed by atoms with Gasteiger partial charge in [0.15, 0.2) is 10.4 Å². The number of rotatable bonds is 2. The summed E-state index contributed by atoms with van der Waals surface area (Å²) in [6.45, 7) is 0. The second-order valence-corrected chi connectivity index (χ2v) is 7.24. The van der Waals surface area contributed by atoms with E-state index in [1.165, 1.54) is 0 Å². The van der Waals surface area contributed by atoms with E-state index in [9.17, 15) is 0 Å². The van der Waals surface area contributed by atoms with Gasteiger partial charge in [0.05, 0.1) is 22.8 Å². The van der Waals surface area contributed by atoms with Crippen LogP contribution in [0.4, 0.5) is 0 Å². The van der Waals surface area contributed by atoms with Crippen LogP contribution in [0.2, 0.25) is 0 Å². The quantitative estimate of drug-likeness (QED) is 0.487. The number of methoxy groups -OCH3 is 1. The minimum atomic E-state index is 0.570. The summed E-state index contributed by atoms with van der Waals surface area (Å²) in [5.74, 6) is 0.724. The van der Waals surface area contributed by atoms with Crippen LogP contribution < -0.4 is 4.74 Å². The fraction of sp³-hybridized carbons (Fsp3) is 0.0769. The highest BCUT2D eigenvalue weighted by molar-refractivity contribution is 9.11. The Bertz CT molecular complexity index is 904. The normalized spacial score (nSPS) is 11.0. The maximum Gasteiger partial charge on any atom is 0.184 e. The Labute approximate surface area is 150 Å². The molecule has 2 heterocycles. The van der Waals surface area contributed by atoms with Crippen molar-refractivity contribution in [2.75, 3.05) is 7.11 Å². The molecule has 0 aliphatic rings. The second-order valence-electron chi connectivity index (χ2n) is 4.23. The Kier molecular flexibility index (Phi) is 4.22. The van der Waals surface area contributed by atoms with Gasteiger partial charge in [0.25, 0.3) is 0 Å². The highest BCUT2D eigenvalue weighted by Gasteiger charge is 2.14. The molecule has 1 aromatic carbocycles. The predicted octanol–water partition coefficient (Wildman–Crippen LogP) is 5.38. The highest BCUT2D eigenvalue weighted by Crippen LogP contribution is 2.35. The number of hydrogen-bond donors (Lipinski definition) is 1. The maximum absolute atomic E-state index is 5.43. The topological polar surface area (TPSA) is 42.8 Å². The molecule has 108 valence electrons. The molecule has 21 heavy (non-hydrogen) atoms.